The van der Waals surface area contributed by atoms with E-state index < -0.39 is 0 Å². The lowest BCUT2D eigenvalue weighted by Crippen LogP contribution is -2.50. The summed E-state index contributed by atoms with van der Waals surface area (Å²) in [5, 5.41) is 0. The van der Waals surface area contributed by atoms with Gasteiger partial charge in [0.15, 0.2) is 11.5 Å². The molecule has 0 saturated heterocycles. The highest BCUT2D eigenvalue weighted by molar-refractivity contribution is 5.78. The maximum absolute atomic E-state index is 13.1. The van der Waals surface area contributed by atoms with Crippen molar-refractivity contribution < 1.29 is 19.1 Å². The Bertz CT molecular complexity index is 1820. The van der Waals surface area contributed by atoms with Crippen molar-refractivity contribution in [2.75, 3.05) is 17.2 Å². The second-order valence-corrected chi connectivity index (χ2v) is 21.3. The van der Waals surface area contributed by atoms with E-state index in [1.807, 2.05) is 19.1 Å². The number of ether oxygens (including phenoxy) is 2. The van der Waals surface area contributed by atoms with Crippen LogP contribution in [0.15, 0.2) is 48.0 Å². The van der Waals surface area contributed by atoms with Crippen LogP contribution in [0.1, 0.15) is 151 Å². The molecule has 320 valence electrons. The molecule has 0 aromatic heterocycles. The molecule has 7 heteroatoms. The second-order valence-electron chi connectivity index (χ2n) is 21.3. The minimum atomic E-state index is -0.146. The van der Waals surface area contributed by atoms with Crippen LogP contribution in [0.25, 0.3) is 0 Å². The van der Waals surface area contributed by atoms with E-state index in [0.717, 1.165) is 79.6 Å². The van der Waals surface area contributed by atoms with Crippen molar-refractivity contribution in [3.05, 3.63) is 53.6 Å². The first-order valence-corrected chi connectivity index (χ1v) is 23.0. The third-order valence-electron chi connectivity index (χ3n) is 16.7. The standard InChI is InChI=1S/C34H52N2O2.C17H25NO2/c1-21(2)7-6-8-22(3)27-12-13-28-26-11-9-24-19-23(32(37)38-31-14-10-25(35)20-30(31)36)15-17-33(24,4)29(26)16-18-34(27,28)5;1-11-5-6-15(14(18)9-11)20-16(19)13-7-8-17(3,4)12(2)10-13/h9-10,14,20-23,26-29H,6-8,11-13,15-19,35-36H2,1-5H3;5-6,9,12-13H,7-8,10,18H2,1-4H3. The molecule has 0 aliphatic heterocycles. The van der Waals surface area contributed by atoms with E-state index in [0.29, 0.717) is 45.3 Å². The van der Waals surface area contributed by atoms with Crippen LogP contribution >= 0.6 is 0 Å². The summed E-state index contributed by atoms with van der Waals surface area (Å²) in [6.45, 7) is 21.2. The van der Waals surface area contributed by atoms with E-state index >= 15 is 0 Å². The fourth-order valence-corrected chi connectivity index (χ4v) is 12.6. The number of carbonyl (C=O) groups excluding carboxylic acids is 2. The molecule has 0 heterocycles. The lowest BCUT2D eigenvalue weighted by molar-refractivity contribution is -0.142. The van der Waals surface area contributed by atoms with E-state index in [4.69, 9.17) is 26.7 Å². The predicted octanol–water partition coefficient (Wildman–Crippen LogP) is 12.4. The van der Waals surface area contributed by atoms with Crippen LogP contribution in [0.5, 0.6) is 11.5 Å². The van der Waals surface area contributed by atoms with Gasteiger partial charge in [0.25, 0.3) is 0 Å². The first-order chi connectivity index (χ1) is 27.3. The number of carbonyl (C=O) groups is 2. The summed E-state index contributed by atoms with van der Waals surface area (Å²) in [7, 11) is 0. The molecule has 4 fully saturated rings. The second kappa shape index (κ2) is 17.6. The van der Waals surface area contributed by atoms with Crippen molar-refractivity contribution in [3.8, 4) is 11.5 Å². The molecule has 4 saturated carbocycles. The molecular formula is C51H77N3O4. The Morgan fingerprint density at radius 2 is 1.43 bits per heavy atom. The highest BCUT2D eigenvalue weighted by Crippen LogP contribution is 2.67. The third-order valence-corrected chi connectivity index (χ3v) is 16.7. The minimum absolute atomic E-state index is 0.00118. The molecule has 7 nitrogen and oxygen atoms in total. The Balaban J connectivity index is 0.000000239. The van der Waals surface area contributed by atoms with Gasteiger partial charge < -0.3 is 26.7 Å². The normalized spacial score (nSPS) is 33.0. The Morgan fingerprint density at radius 3 is 2.09 bits per heavy atom. The van der Waals surface area contributed by atoms with Crippen molar-refractivity contribution >= 4 is 29.0 Å². The molecule has 58 heavy (non-hydrogen) atoms. The van der Waals surface area contributed by atoms with Crippen LogP contribution in [0.4, 0.5) is 17.1 Å². The summed E-state index contributed by atoms with van der Waals surface area (Å²) in [6.07, 6.45) is 19.2. The quantitative estimate of drug-likeness (QED) is 0.0996. The molecule has 0 amide bonds. The summed E-state index contributed by atoms with van der Waals surface area (Å²) < 4.78 is 11.2. The van der Waals surface area contributed by atoms with Gasteiger partial charge in [0.1, 0.15) is 0 Å². The van der Waals surface area contributed by atoms with Gasteiger partial charge in [-0.15, -0.1) is 0 Å². The number of esters is 2. The van der Waals surface area contributed by atoms with E-state index in [-0.39, 0.29) is 29.2 Å². The highest BCUT2D eigenvalue weighted by atomic mass is 16.5. The Labute approximate surface area is 351 Å². The molecule has 0 spiro atoms. The zero-order chi connectivity index (χ0) is 42.2. The molecule has 2 aromatic rings. The number of aryl methyl sites for hydroxylation is 1. The van der Waals surface area contributed by atoms with Crippen molar-refractivity contribution in [2.24, 2.45) is 69.5 Å². The predicted molar refractivity (Wildman–Crippen MR) is 239 cm³/mol. The first kappa shape index (κ1) is 44.1. The maximum Gasteiger partial charge on any atom is 0.314 e. The van der Waals surface area contributed by atoms with Gasteiger partial charge in [-0.3, -0.25) is 9.59 Å². The summed E-state index contributed by atoms with van der Waals surface area (Å²) in [6, 6.07) is 10.6. The lowest BCUT2D eigenvalue weighted by Gasteiger charge is -2.58. The van der Waals surface area contributed by atoms with E-state index in [1.54, 1.807) is 24.3 Å². The number of benzene rings is 2. The number of anilines is 3. The average Bonchev–Trinajstić information content (AvgIpc) is 3.52. The average molecular weight is 796 g/mol. The van der Waals surface area contributed by atoms with E-state index in [1.165, 1.54) is 56.9 Å². The smallest absolute Gasteiger partial charge is 0.314 e. The fraction of sp³-hybridized carbons (Fsp3) is 0.686. The van der Waals surface area contributed by atoms with Crippen LogP contribution in [0.3, 0.4) is 0 Å². The Kier molecular flexibility index (Phi) is 13.4. The van der Waals surface area contributed by atoms with Gasteiger partial charge in [-0.05, 0) is 171 Å². The Hall–Kier alpha value is -3.48. The molecule has 0 radical (unpaired) electrons. The fourth-order valence-electron chi connectivity index (χ4n) is 12.6. The van der Waals surface area contributed by atoms with Crippen LogP contribution in [-0.2, 0) is 9.59 Å². The molecule has 7 rings (SSSR count). The van der Waals surface area contributed by atoms with Crippen LogP contribution < -0.4 is 26.7 Å². The summed E-state index contributed by atoms with van der Waals surface area (Å²) in [5.74, 6) is 6.08. The molecule has 6 N–H and O–H groups in total. The van der Waals surface area contributed by atoms with Crippen LogP contribution in [-0.4, -0.2) is 11.9 Å². The van der Waals surface area contributed by atoms with Gasteiger partial charge in [-0.2, -0.15) is 0 Å². The van der Waals surface area contributed by atoms with Crippen molar-refractivity contribution in [1.29, 1.82) is 0 Å². The molecule has 5 aliphatic carbocycles. The zero-order valence-electron chi connectivity index (χ0n) is 37.5. The number of hydrogen-bond acceptors (Lipinski definition) is 7. The lowest BCUT2D eigenvalue weighted by atomic mass is 9.46. The van der Waals surface area contributed by atoms with Crippen molar-refractivity contribution in [1.82, 2.24) is 0 Å². The molecule has 5 aliphatic rings. The Morgan fingerprint density at radius 1 is 0.776 bits per heavy atom. The molecule has 0 bridgehead atoms. The van der Waals surface area contributed by atoms with Gasteiger partial charge >= 0.3 is 11.9 Å². The van der Waals surface area contributed by atoms with Gasteiger partial charge in [0.05, 0.1) is 23.2 Å². The van der Waals surface area contributed by atoms with Crippen molar-refractivity contribution in [3.63, 3.8) is 0 Å². The molecule has 10 unspecified atom stereocenters. The van der Waals surface area contributed by atoms with Gasteiger partial charge in [-0.25, -0.2) is 0 Å². The topological polar surface area (TPSA) is 131 Å². The number of nitrogens with two attached hydrogens (primary N) is 3. The van der Waals surface area contributed by atoms with Gasteiger partial charge in [0.2, 0.25) is 0 Å². The minimum Gasteiger partial charge on any atom is -0.424 e. The van der Waals surface area contributed by atoms with E-state index in [2.05, 4.69) is 61.5 Å². The van der Waals surface area contributed by atoms with E-state index in [9.17, 15) is 9.59 Å². The number of hydrogen-bond donors (Lipinski definition) is 3. The SMILES string of the molecule is CC(C)CCCC(C)C1CCC2C3CC=C4CC(C(=O)Oc5ccc(N)cc5N)CCC4(C)C3CCC12C.Cc1ccc(OC(=O)C2CCC(C)(C)C(C)C2)c(N)c1. The number of fused-ring (bicyclic) bond motifs is 5. The zero-order valence-corrected chi connectivity index (χ0v) is 37.5. The number of nitrogen functional groups attached to an aromatic ring is 3. The van der Waals surface area contributed by atoms with Crippen molar-refractivity contribution in [2.45, 2.75) is 152 Å². The largest absolute Gasteiger partial charge is 0.424 e. The summed E-state index contributed by atoms with van der Waals surface area (Å²) >= 11 is 0. The molecule has 10 atom stereocenters. The van der Waals surface area contributed by atoms with Crippen LogP contribution in [0, 0.1) is 76.4 Å². The van der Waals surface area contributed by atoms with Gasteiger partial charge in [-0.1, -0.05) is 92.4 Å². The summed E-state index contributed by atoms with van der Waals surface area (Å²) in [5.41, 5.74) is 22.9. The van der Waals surface area contributed by atoms with Gasteiger partial charge in [0, 0.05) is 5.69 Å². The first-order valence-electron chi connectivity index (χ1n) is 23.0. The monoisotopic (exact) mass is 796 g/mol. The highest BCUT2D eigenvalue weighted by Gasteiger charge is 2.59. The summed E-state index contributed by atoms with van der Waals surface area (Å²) in [4.78, 5) is 25.4. The molecule has 2 aromatic carbocycles. The molecular weight excluding hydrogens is 719 g/mol. The third kappa shape index (κ3) is 9.29. The number of rotatable bonds is 9. The maximum atomic E-state index is 13.1. The van der Waals surface area contributed by atoms with Crippen LogP contribution in [0.2, 0.25) is 0 Å². The number of allylic oxidation sites excluding steroid dienone is 2.